The monoisotopic (exact) mass is 473 g/mol. The molecule has 3 aromatic carbocycles. The zero-order chi connectivity index (χ0) is 23.1. The van der Waals surface area contributed by atoms with Crippen LogP contribution >= 0.6 is 23.5 Å². The highest BCUT2D eigenvalue weighted by atomic mass is 32.2. The molecule has 3 aromatic rings. The van der Waals surface area contributed by atoms with Gasteiger partial charge >= 0.3 is 0 Å². The summed E-state index contributed by atoms with van der Waals surface area (Å²) in [5.74, 6) is 0.728. The van der Waals surface area contributed by atoms with E-state index in [-0.39, 0.29) is 5.91 Å². The molecule has 0 spiro atoms. The molecule has 0 bridgehead atoms. The van der Waals surface area contributed by atoms with E-state index in [0.29, 0.717) is 10.1 Å². The van der Waals surface area contributed by atoms with Crippen molar-refractivity contribution in [2.45, 2.75) is 18.7 Å². The van der Waals surface area contributed by atoms with Crippen molar-refractivity contribution in [3.8, 4) is 5.75 Å². The molecule has 0 N–H and O–H groups in total. The molecule has 166 valence electrons. The van der Waals surface area contributed by atoms with Crippen molar-refractivity contribution < 1.29 is 9.53 Å². The quantitative estimate of drug-likeness (QED) is 0.407. The molecule has 5 nitrogen and oxygen atoms in total. The van der Waals surface area contributed by atoms with E-state index in [1.54, 1.807) is 23.8 Å². The van der Waals surface area contributed by atoms with Crippen LogP contribution < -0.4 is 14.5 Å². The fourth-order valence-corrected chi connectivity index (χ4v) is 6.06. The maximum absolute atomic E-state index is 13.8. The van der Waals surface area contributed by atoms with E-state index in [1.807, 2.05) is 87.6 Å². The molecule has 0 saturated carbocycles. The number of para-hydroxylation sites is 1. The van der Waals surface area contributed by atoms with Gasteiger partial charge in [0, 0.05) is 18.0 Å². The summed E-state index contributed by atoms with van der Waals surface area (Å²) in [5.41, 5.74) is 4.91. The normalized spacial score (nSPS) is 18.9. The van der Waals surface area contributed by atoms with Crippen LogP contribution in [-0.4, -0.2) is 25.2 Å². The Morgan fingerprint density at radius 2 is 1.70 bits per heavy atom. The Hall–Kier alpha value is -3.16. The van der Waals surface area contributed by atoms with Gasteiger partial charge in [0.1, 0.15) is 10.7 Å². The minimum Gasteiger partial charge on any atom is -0.497 e. The van der Waals surface area contributed by atoms with Gasteiger partial charge in [-0.05, 0) is 61.5 Å². The van der Waals surface area contributed by atoms with E-state index < -0.39 is 0 Å². The molecular weight excluding hydrogens is 450 g/mol. The first-order chi connectivity index (χ1) is 16.0. The number of amidine groups is 1. The fraction of sp³-hybridized carbons (Fsp3) is 0.154. The number of carbonyl (C=O) groups excluding carboxylic acids is 1. The Morgan fingerprint density at radius 1 is 0.939 bits per heavy atom. The van der Waals surface area contributed by atoms with Crippen LogP contribution in [0.15, 0.2) is 86.6 Å². The first-order valence-corrected chi connectivity index (χ1v) is 12.2. The Bertz CT molecular complexity index is 1320. The van der Waals surface area contributed by atoms with Crippen LogP contribution in [0.2, 0.25) is 0 Å². The summed E-state index contributed by atoms with van der Waals surface area (Å²) in [6, 6.07) is 21.9. The fourth-order valence-electron chi connectivity index (χ4n) is 3.74. The zero-order valence-corrected chi connectivity index (χ0v) is 20.5. The number of nitrogens with zero attached hydrogens (tertiary/aromatic N) is 3. The minimum absolute atomic E-state index is 0.0645. The molecule has 2 heterocycles. The highest BCUT2D eigenvalue weighted by Gasteiger charge is 2.40. The molecule has 33 heavy (non-hydrogen) atoms. The molecule has 0 radical (unpaired) electrons. The first-order valence-electron chi connectivity index (χ1n) is 10.5. The van der Waals surface area contributed by atoms with E-state index in [1.165, 1.54) is 11.8 Å². The van der Waals surface area contributed by atoms with Crippen molar-refractivity contribution in [2.75, 3.05) is 24.0 Å². The third-order valence-corrected chi connectivity index (χ3v) is 8.03. The third-order valence-electron chi connectivity index (χ3n) is 5.64. The topological polar surface area (TPSA) is 45.1 Å². The van der Waals surface area contributed by atoms with Crippen LogP contribution in [-0.2, 0) is 4.79 Å². The Morgan fingerprint density at radius 3 is 2.42 bits per heavy atom. The molecule has 7 heteroatoms. The number of anilines is 2. The average molecular weight is 474 g/mol. The standard InChI is InChI=1S/C26H23N3O2S2/c1-16-9-11-18(12-10-16)29-24(30)23(33-26(29)27-20-8-6-5-7-17(20)2)25-28(3)21-15-19(31-4)13-14-22(21)32-25/h5-15H,1-4H3. The van der Waals surface area contributed by atoms with E-state index in [4.69, 9.17) is 9.73 Å². The third kappa shape index (κ3) is 3.92. The summed E-state index contributed by atoms with van der Waals surface area (Å²) < 4.78 is 5.40. The van der Waals surface area contributed by atoms with Crippen molar-refractivity contribution in [3.05, 3.63) is 87.8 Å². The number of aliphatic imine (C=N–C) groups is 1. The largest absolute Gasteiger partial charge is 0.497 e. The number of hydrogen-bond donors (Lipinski definition) is 0. The summed E-state index contributed by atoms with van der Waals surface area (Å²) in [6.45, 7) is 4.07. The molecule has 0 aromatic heterocycles. The van der Waals surface area contributed by atoms with Crippen LogP contribution in [0.5, 0.6) is 5.75 Å². The maximum atomic E-state index is 13.8. The summed E-state index contributed by atoms with van der Waals surface area (Å²) in [5, 5.41) is 1.56. The minimum atomic E-state index is -0.0645. The van der Waals surface area contributed by atoms with Gasteiger partial charge in [-0.1, -0.05) is 47.7 Å². The number of benzene rings is 3. The second-order valence-corrected chi connectivity index (χ2v) is 9.90. The number of methoxy groups -OCH3 is 1. The van der Waals surface area contributed by atoms with Crippen LogP contribution in [0.25, 0.3) is 0 Å². The lowest BCUT2D eigenvalue weighted by molar-refractivity contribution is -0.113. The molecule has 1 saturated heterocycles. The SMILES string of the molecule is COc1ccc2c(c1)N(C)C(=C1SC(=Nc3ccccc3C)N(c3ccc(C)cc3)C1=O)S2. The summed E-state index contributed by atoms with van der Waals surface area (Å²) in [4.78, 5) is 24.2. The predicted octanol–water partition coefficient (Wildman–Crippen LogP) is 6.49. The van der Waals surface area contributed by atoms with Gasteiger partial charge in [0.05, 0.1) is 29.2 Å². The van der Waals surface area contributed by atoms with Crippen molar-refractivity contribution in [1.82, 2.24) is 0 Å². The molecule has 0 aliphatic carbocycles. The average Bonchev–Trinajstić information content (AvgIpc) is 3.32. The Balaban J connectivity index is 1.61. The molecule has 5 rings (SSSR count). The summed E-state index contributed by atoms with van der Waals surface area (Å²) >= 11 is 3.03. The lowest BCUT2D eigenvalue weighted by atomic mass is 10.2. The van der Waals surface area contributed by atoms with Crippen LogP contribution in [0.1, 0.15) is 11.1 Å². The molecule has 1 fully saturated rings. The van der Waals surface area contributed by atoms with E-state index in [2.05, 4.69) is 4.90 Å². The number of fused-ring (bicyclic) bond motifs is 1. The number of carbonyl (C=O) groups is 1. The van der Waals surface area contributed by atoms with E-state index in [9.17, 15) is 4.79 Å². The highest BCUT2D eigenvalue weighted by molar-refractivity contribution is 8.20. The summed E-state index contributed by atoms with van der Waals surface area (Å²) in [6.07, 6.45) is 0. The van der Waals surface area contributed by atoms with Crippen molar-refractivity contribution in [3.63, 3.8) is 0 Å². The molecule has 0 unspecified atom stereocenters. The number of aryl methyl sites for hydroxylation is 2. The van der Waals surface area contributed by atoms with Crippen LogP contribution in [0.4, 0.5) is 17.1 Å². The van der Waals surface area contributed by atoms with Crippen LogP contribution in [0.3, 0.4) is 0 Å². The van der Waals surface area contributed by atoms with Gasteiger partial charge in [0.25, 0.3) is 5.91 Å². The van der Waals surface area contributed by atoms with Gasteiger partial charge in [-0.3, -0.25) is 9.69 Å². The van der Waals surface area contributed by atoms with Gasteiger partial charge in [-0.2, -0.15) is 0 Å². The predicted molar refractivity (Wildman–Crippen MR) is 139 cm³/mol. The molecule has 2 aliphatic rings. The number of hydrogen-bond acceptors (Lipinski definition) is 6. The van der Waals surface area contributed by atoms with Crippen molar-refractivity contribution in [1.29, 1.82) is 0 Å². The number of amides is 1. The van der Waals surface area contributed by atoms with Gasteiger partial charge < -0.3 is 9.64 Å². The maximum Gasteiger partial charge on any atom is 0.274 e. The molecule has 0 atom stereocenters. The smallest absolute Gasteiger partial charge is 0.274 e. The highest BCUT2D eigenvalue weighted by Crippen LogP contribution is 2.51. The number of ether oxygens (including phenoxy) is 1. The molecule has 1 amide bonds. The van der Waals surface area contributed by atoms with Crippen LogP contribution in [0, 0.1) is 13.8 Å². The summed E-state index contributed by atoms with van der Waals surface area (Å²) in [7, 11) is 3.65. The zero-order valence-electron chi connectivity index (χ0n) is 18.8. The van der Waals surface area contributed by atoms with Crippen molar-refractivity contribution >= 4 is 51.7 Å². The van der Waals surface area contributed by atoms with Gasteiger partial charge in [0.2, 0.25) is 0 Å². The second kappa shape index (κ2) is 8.65. The van der Waals surface area contributed by atoms with E-state index >= 15 is 0 Å². The number of rotatable bonds is 3. The van der Waals surface area contributed by atoms with Gasteiger partial charge in [-0.25, -0.2) is 4.99 Å². The van der Waals surface area contributed by atoms with E-state index in [0.717, 1.165) is 43.9 Å². The van der Waals surface area contributed by atoms with Gasteiger partial charge in [-0.15, -0.1) is 0 Å². The second-order valence-electron chi connectivity index (χ2n) is 7.89. The van der Waals surface area contributed by atoms with Crippen molar-refractivity contribution in [2.24, 2.45) is 4.99 Å². The molecule has 2 aliphatic heterocycles. The van der Waals surface area contributed by atoms with Gasteiger partial charge in [0.15, 0.2) is 5.17 Å². The lowest BCUT2D eigenvalue weighted by Crippen LogP contribution is -2.29. The lowest BCUT2D eigenvalue weighted by Gasteiger charge is -2.17. The number of thioether (sulfide) groups is 2. The molecular formula is C26H23N3O2S2. The Labute approximate surface area is 202 Å². The first kappa shape index (κ1) is 21.7. The Kier molecular flexibility index (Phi) is 5.68.